The van der Waals surface area contributed by atoms with Crippen molar-refractivity contribution >= 4 is 66.7 Å². The highest BCUT2D eigenvalue weighted by atomic mass is 15.1. The van der Waals surface area contributed by atoms with E-state index < -0.39 is 5.41 Å². The van der Waals surface area contributed by atoms with Gasteiger partial charge in [0.1, 0.15) is 0 Å². The number of aromatic nitrogens is 2. The first-order chi connectivity index (χ1) is 31.1. The van der Waals surface area contributed by atoms with Gasteiger partial charge in [0, 0.05) is 43.8 Å². The Morgan fingerprint density at radius 1 is 0.391 bits per heavy atom. The van der Waals surface area contributed by atoms with E-state index >= 15 is 0 Å². The first-order valence-electron chi connectivity index (χ1n) is 23.8. The summed E-state index contributed by atoms with van der Waals surface area (Å²) < 4.78 is 5.51. The molecule has 0 atom stereocenters. The lowest BCUT2D eigenvalue weighted by Crippen LogP contribution is -2.61. The van der Waals surface area contributed by atoms with Gasteiger partial charge in [0.05, 0.1) is 22.1 Å². The molecule has 0 radical (unpaired) electrons. The Bertz CT molecular complexity index is 3690. The van der Waals surface area contributed by atoms with E-state index in [0.29, 0.717) is 23.7 Å². The van der Waals surface area contributed by atoms with Gasteiger partial charge in [0.2, 0.25) is 0 Å². The standard InChI is InChI=1S/C61H51BN2/c1-32(2)37-22-23-54-44(24-37)45-26-39(34(5)6)29-52-57(45)63(54)59-43(36-16-10-9-11-17-36)31-51-60-55(59)62(52)53-30-40(35(7)8)27-47-46-25-38(33(3)4)28-50(56(46)64(60)58(47)53)61(51)48-20-14-12-18-41(48)42-19-13-15-21-49(42)61/h9-35H,1-8H3. The van der Waals surface area contributed by atoms with E-state index in [2.05, 4.69) is 204 Å². The van der Waals surface area contributed by atoms with E-state index in [1.54, 1.807) is 0 Å². The van der Waals surface area contributed by atoms with Gasteiger partial charge in [-0.3, -0.25) is 0 Å². The van der Waals surface area contributed by atoms with Gasteiger partial charge in [-0.25, -0.2) is 0 Å². The predicted octanol–water partition coefficient (Wildman–Crippen LogP) is 13.9. The average molecular weight is 823 g/mol. The Hall–Kier alpha value is -6.58. The van der Waals surface area contributed by atoms with Crippen LogP contribution in [0.25, 0.3) is 77.2 Å². The number of benzene rings is 8. The Kier molecular flexibility index (Phi) is 7.12. The molecule has 0 amide bonds. The van der Waals surface area contributed by atoms with E-state index in [9.17, 15) is 0 Å². The monoisotopic (exact) mass is 822 g/mol. The molecule has 8 aromatic carbocycles. The van der Waals surface area contributed by atoms with E-state index in [1.807, 2.05) is 0 Å². The second kappa shape index (κ2) is 12.4. The molecular formula is C61H51BN2. The maximum absolute atomic E-state index is 2.79. The van der Waals surface area contributed by atoms with E-state index in [0.717, 1.165) is 0 Å². The van der Waals surface area contributed by atoms with Crippen LogP contribution >= 0.6 is 0 Å². The Labute approximate surface area is 376 Å². The molecule has 2 nitrogen and oxygen atoms in total. The zero-order chi connectivity index (χ0) is 43.2. The molecule has 14 rings (SSSR count). The lowest BCUT2D eigenvalue weighted by Gasteiger charge is -2.45. The first-order valence-corrected chi connectivity index (χ1v) is 23.8. The highest BCUT2D eigenvalue weighted by Gasteiger charge is 2.55. The minimum absolute atomic E-state index is 0.0306. The van der Waals surface area contributed by atoms with Crippen LogP contribution in [-0.2, 0) is 5.41 Å². The van der Waals surface area contributed by atoms with Crippen molar-refractivity contribution < 1.29 is 0 Å². The summed E-state index contributed by atoms with van der Waals surface area (Å²) in [6, 6.07) is 55.7. The van der Waals surface area contributed by atoms with Crippen LogP contribution in [0, 0.1) is 0 Å². The fourth-order valence-corrected chi connectivity index (χ4v) is 13.1. The third kappa shape index (κ3) is 4.26. The van der Waals surface area contributed by atoms with Crippen LogP contribution in [0.4, 0.5) is 0 Å². The van der Waals surface area contributed by atoms with Crippen molar-refractivity contribution in [2.45, 2.75) is 84.5 Å². The molecule has 308 valence electrons. The van der Waals surface area contributed by atoms with Gasteiger partial charge >= 0.3 is 0 Å². The van der Waals surface area contributed by atoms with Crippen molar-refractivity contribution in [1.29, 1.82) is 0 Å². The summed E-state index contributed by atoms with van der Waals surface area (Å²) in [6.07, 6.45) is 0. The smallest absolute Gasteiger partial charge is 0.252 e. The fraction of sp³-hybridized carbons (Fsp3) is 0.213. The van der Waals surface area contributed by atoms with Crippen LogP contribution in [0.15, 0.2) is 140 Å². The average Bonchev–Trinajstić information content (AvgIpc) is 3.93. The normalized spacial score (nSPS) is 14.6. The number of hydrogen-bond acceptors (Lipinski definition) is 0. The Morgan fingerprint density at radius 3 is 1.52 bits per heavy atom. The molecule has 4 aliphatic rings. The van der Waals surface area contributed by atoms with Crippen LogP contribution in [0.3, 0.4) is 0 Å². The molecule has 64 heavy (non-hydrogen) atoms. The number of fused-ring (bicyclic) bond motifs is 14. The van der Waals surface area contributed by atoms with Gasteiger partial charge in [-0.2, -0.15) is 0 Å². The van der Waals surface area contributed by atoms with Crippen LogP contribution in [0.5, 0.6) is 0 Å². The number of nitrogens with zero attached hydrogens (tertiary/aromatic N) is 2. The van der Waals surface area contributed by atoms with Crippen LogP contribution in [-0.4, -0.2) is 15.8 Å². The van der Waals surface area contributed by atoms with Gasteiger partial charge < -0.3 is 9.13 Å². The molecule has 0 N–H and O–H groups in total. The summed E-state index contributed by atoms with van der Waals surface area (Å²) in [6.45, 7) is 19.0. The maximum Gasteiger partial charge on any atom is 0.252 e. The van der Waals surface area contributed by atoms with Crippen molar-refractivity contribution in [1.82, 2.24) is 9.13 Å². The second-order valence-electron chi connectivity index (χ2n) is 20.8. The summed E-state index contributed by atoms with van der Waals surface area (Å²) in [5.74, 6) is 1.54. The van der Waals surface area contributed by atoms with E-state index in [1.165, 1.54) is 138 Å². The summed E-state index contributed by atoms with van der Waals surface area (Å²) in [7, 11) is 0. The van der Waals surface area contributed by atoms with Crippen molar-refractivity contribution in [3.8, 4) is 33.6 Å². The third-order valence-electron chi connectivity index (χ3n) is 16.1. The van der Waals surface area contributed by atoms with Gasteiger partial charge in [-0.05, 0) is 138 Å². The largest absolute Gasteiger partial charge is 0.310 e. The molecule has 10 aromatic rings. The van der Waals surface area contributed by atoms with Crippen molar-refractivity contribution in [2.24, 2.45) is 0 Å². The SMILES string of the molecule is CC(C)c1ccc2c(c1)c1cc(C(C)C)cc3c1n2-c1c(-c2ccccc2)cc2c4c1B3c1cc(C(C)C)cc3c5cc(C(C)C)cc(c5n-4c13)C21c2ccccc2-c2ccccc21. The number of hydrogen-bond donors (Lipinski definition) is 0. The van der Waals surface area contributed by atoms with Gasteiger partial charge in [-0.1, -0.05) is 159 Å². The second-order valence-corrected chi connectivity index (χ2v) is 20.8. The molecule has 3 aliphatic heterocycles. The molecule has 3 heteroatoms. The van der Waals surface area contributed by atoms with Crippen molar-refractivity contribution in [2.75, 3.05) is 0 Å². The highest BCUT2D eigenvalue weighted by molar-refractivity contribution is 7.00. The third-order valence-corrected chi connectivity index (χ3v) is 16.1. The molecule has 5 heterocycles. The van der Waals surface area contributed by atoms with Crippen LogP contribution in [0.2, 0.25) is 0 Å². The van der Waals surface area contributed by atoms with Crippen LogP contribution < -0.4 is 16.4 Å². The predicted molar refractivity (Wildman–Crippen MR) is 272 cm³/mol. The quantitative estimate of drug-likeness (QED) is 0.153. The Balaban J connectivity index is 1.31. The fourth-order valence-electron chi connectivity index (χ4n) is 13.1. The lowest BCUT2D eigenvalue weighted by atomic mass is 9.33. The summed E-state index contributed by atoms with van der Waals surface area (Å²) >= 11 is 0. The minimum atomic E-state index is -0.544. The molecule has 0 saturated carbocycles. The molecule has 0 bridgehead atoms. The molecule has 0 saturated heterocycles. The van der Waals surface area contributed by atoms with Crippen molar-refractivity contribution in [3.63, 3.8) is 0 Å². The first kappa shape index (κ1) is 36.9. The zero-order valence-corrected chi connectivity index (χ0v) is 38.1. The highest BCUT2D eigenvalue weighted by Crippen LogP contribution is 2.62. The van der Waals surface area contributed by atoms with E-state index in [4.69, 9.17) is 0 Å². The molecule has 0 unspecified atom stereocenters. The zero-order valence-electron chi connectivity index (χ0n) is 38.1. The topological polar surface area (TPSA) is 9.86 Å². The summed E-state index contributed by atoms with van der Waals surface area (Å²) in [5.41, 5.74) is 28.4. The van der Waals surface area contributed by atoms with Crippen molar-refractivity contribution in [3.05, 3.63) is 184 Å². The summed E-state index contributed by atoms with van der Waals surface area (Å²) in [5, 5.41) is 5.52. The molecule has 1 spiro atoms. The van der Waals surface area contributed by atoms with Gasteiger partial charge in [0.25, 0.3) is 6.71 Å². The summed E-state index contributed by atoms with van der Waals surface area (Å²) in [4.78, 5) is 0. The lowest BCUT2D eigenvalue weighted by molar-refractivity contribution is 0.744. The molecular weight excluding hydrogens is 771 g/mol. The molecule has 2 aromatic heterocycles. The van der Waals surface area contributed by atoms with E-state index in [-0.39, 0.29) is 6.71 Å². The van der Waals surface area contributed by atoms with Gasteiger partial charge in [0.15, 0.2) is 0 Å². The van der Waals surface area contributed by atoms with Crippen LogP contribution in [0.1, 0.15) is 124 Å². The minimum Gasteiger partial charge on any atom is -0.310 e. The maximum atomic E-state index is 2.79. The Morgan fingerprint density at radius 2 is 0.906 bits per heavy atom. The number of rotatable bonds is 5. The molecule has 1 aliphatic carbocycles. The molecule has 0 fully saturated rings. The van der Waals surface area contributed by atoms with Gasteiger partial charge in [-0.15, -0.1) is 0 Å².